The van der Waals surface area contributed by atoms with Crippen molar-refractivity contribution in [1.82, 2.24) is 9.55 Å². The summed E-state index contributed by atoms with van der Waals surface area (Å²) in [4.78, 5) is 14.3. The van der Waals surface area contributed by atoms with Gasteiger partial charge in [0.05, 0.1) is 11.0 Å². The van der Waals surface area contributed by atoms with E-state index in [0.29, 0.717) is 5.69 Å². The van der Waals surface area contributed by atoms with Crippen LogP contribution < -0.4 is 11.4 Å². The number of imidazole rings is 1. The Hall–Kier alpha value is -1.71. The Balaban J connectivity index is 2.86. The molecule has 2 aromatic rings. The van der Waals surface area contributed by atoms with Crippen LogP contribution in [0.4, 0.5) is 5.69 Å². The number of aromatic nitrogens is 2. The molecule has 0 aliphatic carbocycles. The maximum absolute atomic E-state index is 11.6. The lowest BCUT2D eigenvalue weighted by molar-refractivity contribution is 0.598. The van der Waals surface area contributed by atoms with E-state index in [1.54, 1.807) is 10.6 Å². The van der Waals surface area contributed by atoms with Crippen molar-refractivity contribution in [1.29, 1.82) is 0 Å². The van der Waals surface area contributed by atoms with Gasteiger partial charge in [0, 0.05) is 11.7 Å². The van der Waals surface area contributed by atoms with E-state index in [2.05, 4.69) is 4.98 Å². The average molecular weight is 191 g/mol. The van der Waals surface area contributed by atoms with E-state index in [0.717, 1.165) is 11.0 Å². The number of aromatic amines is 1. The van der Waals surface area contributed by atoms with Gasteiger partial charge >= 0.3 is 5.69 Å². The van der Waals surface area contributed by atoms with E-state index in [1.807, 2.05) is 26.0 Å². The number of nitrogens with zero attached hydrogens (tertiary/aromatic N) is 1. The van der Waals surface area contributed by atoms with Gasteiger partial charge < -0.3 is 10.7 Å². The lowest BCUT2D eigenvalue weighted by atomic mass is 10.2. The molecule has 0 saturated carbocycles. The summed E-state index contributed by atoms with van der Waals surface area (Å²) in [5.74, 6) is 0. The summed E-state index contributed by atoms with van der Waals surface area (Å²) in [6, 6.07) is 5.55. The van der Waals surface area contributed by atoms with Crippen LogP contribution in [0, 0.1) is 0 Å². The van der Waals surface area contributed by atoms with E-state index in [-0.39, 0.29) is 11.7 Å². The molecule has 4 nitrogen and oxygen atoms in total. The van der Waals surface area contributed by atoms with Gasteiger partial charge in [-0.2, -0.15) is 0 Å². The normalized spacial score (nSPS) is 11.4. The number of fused-ring (bicyclic) bond motifs is 1. The number of nitrogens with two attached hydrogens (primary N) is 1. The summed E-state index contributed by atoms with van der Waals surface area (Å²) in [5.41, 5.74) is 7.96. The van der Waals surface area contributed by atoms with Crippen LogP contribution >= 0.6 is 0 Å². The predicted octanol–water partition coefficient (Wildman–Crippen LogP) is 1.49. The molecule has 0 amide bonds. The van der Waals surface area contributed by atoms with Gasteiger partial charge in [-0.3, -0.25) is 4.57 Å². The molecule has 0 aliphatic heterocycles. The van der Waals surface area contributed by atoms with Crippen LogP contribution in [0.25, 0.3) is 11.0 Å². The molecule has 0 unspecified atom stereocenters. The SMILES string of the molecule is CC(C)n1c(=O)[nH]c2ccc(N)cc21. The first-order valence-corrected chi connectivity index (χ1v) is 4.59. The molecule has 0 saturated heterocycles. The van der Waals surface area contributed by atoms with Crippen molar-refractivity contribution < 1.29 is 0 Å². The summed E-state index contributed by atoms with van der Waals surface area (Å²) >= 11 is 0. The monoisotopic (exact) mass is 191 g/mol. The van der Waals surface area contributed by atoms with Gasteiger partial charge in [-0.25, -0.2) is 4.79 Å². The second kappa shape index (κ2) is 2.90. The molecule has 1 aromatic heterocycles. The fourth-order valence-electron chi connectivity index (χ4n) is 1.65. The molecule has 4 heteroatoms. The number of nitrogen functional groups attached to an aromatic ring is 1. The highest BCUT2D eigenvalue weighted by molar-refractivity contribution is 5.79. The second-order valence-corrected chi connectivity index (χ2v) is 3.67. The van der Waals surface area contributed by atoms with Crippen molar-refractivity contribution in [3.63, 3.8) is 0 Å². The molecular formula is C10H13N3O. The van der Waals surface area contributed by atoms with Crippen molar-refractivity contribution in [3.05, 3.63) is 28.7 Å². The fourth-order valence-corrected chi connectivity index (χ4v) is 1.65. The number of H-pyrrole nitrogens is 1. The molecule has 0 radical (unpaired) electrons. The summed E-state index contributed by atoms with van der Waals surface area (Å²) in [6.45, 7) is 3.94. The van der Waals surface area contributed by atoms with Crippen LogP contribution in [0.1, 0.15) is 19.9 Å². The number of hydrogen-bond acceptors (Lipinski definition) is 2. The number of nitrogens with one attached hydrogen (secondary N) is 1. The van der Waals surface area contributed by atoms with E-state index in [1.165, 1.54) is 0 Å². The number of anilines is 1. The van der Waals surface area contributed by atoms with Gasteiger partial charge in [0.25, 0.3) is 0 Å². The Labute approximate surface area is 81.3 Å². The van der Waals surface area contributed by atoms with Crippen molar-refractivity contribution >= 4 is 16.7 Å². The number of hydrogen-bond donors (Lipinski definition) is 2. The van der Waals surface area contributed by atoms with E-state index in [9.17, 15) is 4.79 Å². The molecule has 1 heterocycles. The molecule has 0 bridgehead atoms. The average Bonchev–Trinajstić information content (AvgIpc) is 2.40. The van der Waals surface area contributed by atoms with Crippen LogP contribution in [0.15, 0.2) is 23.0 Å². The smallest absolute Gasteiger partial charge is 0.326 e. The predicted molar refractivity (Wildman–Crippen MR) is 57.4 cm³/mol. The molecule has 2 rings (SSSR count). The standard InChI is InChI=1S/C10H13N3O/c1-6(2)13-9-5-7(11)3-4-8(9)12-10(13)14/h3-6H,11H2,1-2H3,(H,12,14). The van der Waals surface area contributed by atoms with Crippen molar-refractivity contribution in [2.45, 2.75) is 19.9 Å². The molecule has 14 heavy (non-hydrogen) atoms. The largest absolute Gasteiger partial charge is 0.399 e. The fraction of sp³-hybridized carbons (Fsp3) is 0.300. The Morgan fingerprint density at radius 3 is 2.79 bits per heavy atom. The zero-order chi connectivity index (χ0) is 10.3. The van der Waals surface area contributed by atoms with Gasteiger partial charge in [0.15, 0.2) is 0 Å². The molecule has 0 atom stereocenters. The van der Waals surface area contributed by atoms with Gasteiger partial charge in [-0.1, -0.05) is 0 Å². The van der Waals surface area contributed by atoms with Crippen molar-refractivity contribution in [3.8, 4) is 0 Å². The van der Waals surface area contributed by atoms with E-state index >= 15 is 0 Å². The van der Waals surface area contributed by atoms with Crippen LogP contribution in [-0.2, 0) is 0 Å². The first-order valence-electron chi connectivity index (χ1n) is 4.59. The van der Waals surface area contributed by atoms with Gasteiger partial charge in [-0.05, 0) is 32.0 Å². The van der Waals surface area contributed by atoms with Crippen LogP contribution in [0.3, 0.4) is 0 Å². The zero-order valence-corrected chi connectivity index (χ0v) is 8.24. The highest BCUT2D eigenvalue weighted by Gasteiger charge is 2.08. The minimum atomic E-state index is -0.0828. The van der Waals surface area contributed by atoms with Gasteiger partial charge in [-0.15, -0.1) is 0 Å². The summed E-state index contributed by atoms with van der Waals surface area (Å²) in [6.07, 6.45) is 0. The van der Waals surface area contributed by atoms with Crippen molar-refractivity contribution in [2.24, 2.45) is 0 Å². The lowest BCUT2D eigenvalue weighted by Gasteiger charge is -2.06. The Kier molecular flexibility index (Phi) is 1.84. The van der Waals surface area contributed by atoms with Gasteiger partial charge in [0.2, 0.25) is 0 Å². The number of rotatable bonds is 1. The highest BCUT2D eigenvalue weighted by Crippen LogP contribution is 2.17. The number of benzene rings is 1. The molecule has 1 aromatic carbocycles. The third-order valence-electron chi connectivity index (χ3n) is 2.26. The minimum Gasteiger partial charge on any atom is -0.399 e. The maximum atomic E-state index is 11.6. The molecule has 74 valence electrons. The third-order valence-corrected chi connectivity index (χ3v) is 2.26. The highest BCUT2D eigenvalue weighted by atomic mass is 16.1. The quantitative estimate of drug-likeness (QED) is 0.671. The van der Waals surface area contributed by atoms with E-state index in [4.69, 9.17) is 5.73 Å². The first-order chi connectivity index (χ1) is 6.59. The third kappa shape index (κ3) is 1.19. The molecule has 0 aliphatic rings. The second-order valence-electron chi connectivity index (χ2n) is 3.67. The lowest BCUT2D eigenvalue weighted by Crippen LogP contribution is -2.18. The Morgan fingerprint density at radius 1 is 1.43 bits per heavy atom. The van der Waals surface area contributed by atoms with Crippen LogP contribution in [0.5, 0.6) is 0 Å². The molecular weight excluding hydrogens is 178 g/mol. The molecule has 3 N–H and O–H groups in total. The summed E-state index contributed by atoms with van der Waals surface area (Å²) < 4.78 is 1.70. The zero-order valence-electron chi connectivity index (χ0n) is 8.24. The molecule has 0 spiro atoms. The van der Waals surface area contributed by atoms with Crippen LogP contribution in [0.2, 0.25) is 0 Å². The first kappa shape index (κ1) is 8.87. The summed E-state index contributed by atoms with van der Waals surface area (Å²) in [7, 11) is 0. The summed E-state index contributed by atoms with van der Waals surface area (Å²) in [5, 5.41) is 0. The van der Waals surface area contributed by atoms with Gasteiger partial charge in [0.1, 0.15) is 0 Å². The van der Waals surface area contributed by atoms with Crippen molar-refractivity contribution in [2.75, 3.05) is 5.73 Å². The Bertz CT molecular complexity index is 522. The molecule has 0 fully saturated rings. The van der Waals surface area contributed by atoms with Crippen LogP contribution in [-0.4, -0.2) is 9.55 Å². The Morgan fingerprint density at radius 2 is 2.14 bits per heavy atom. The topological polar surface area (TPSA) is 63.8 Å². The minimum absolute atomic E-state index is 0.0828. The maximum Gasteiger partial charge on any atom is 0.326 e. The van der Waals surface area contributed by atoms with E-state index < -0.39 is 0 Å².